The number of nitrogens with zero attached hydrogens (tertiary/aromatic N) is 1. The number of likely N-dealkylation sites (tertiary alicyclic amines) is 1. The van der Waals surface area contributed by atoms with Gasteiger partial charge in [0.15, 0.2) is 9.84 Å². The monoisotopic (exact) mass is 608 g/mol. The highest BCUT2D eigenvalue weighted by atomic mass is 35.5. The third-order valence-corrected chi connectivity index (χ3v) is 10.6. The number of halogens is 2. The van der Waals surface area contributed by atoms with Gasteiger partial charge in [0.25, 0.3) is 0 Å². The minimum Gasteiger partial charge on any atom is -0.354 e. The molecular weight excluding hydrogens is 567 g/mol. The maximum absolute atomic E-state index is 14.7. The van der Waals surface area contributed by atoms with Gasteiger partial charge in [-0.3, -0.25) is 9.59 Å². The van der Waals surface area contributed by atoms with Gasteiger partial charge >= 0.3 is 0 Å². The number of sulfone groups is 1. The Morgan fingerprint density at radius 1 is 1.00 bits per heavy atom. The first-order valence-corrected chi connectivity index (χ1v) is 16.4. The predicted octanol–water partition coefficient (Wildman–Crippen LogP) is 6.82. The normalized spacial score (nSPS) is 22.7. The lowest BCUT2D eigenvalue weighted by molar-refractivity contribution is -0.158. The number of carbonyl (C=O) groups is 2. The van der Waals surface area contributed by atoms with Crippen molar-refractivity contribution in [2.24, 2.45) is 11.3 Å². The number of nitrogens with one attached hydrogen (secondary N) is 1. The summed E-state index contributed by atoms with van der Waals surface area (Å²) >= 11 is 12.7. The van der Waals surface area contributed by atoms with Crippen LogP contribution in [-0.2, 0) is 19.4 Å². The third kappa shape index (κ3) is 7.40. The first-order valence-electron chi connectivity index (χ1n) is 13.9. The molecule has 4 atom stereocenters. The molecular formula is C31H42Cl2N2O4S. The van der Waals surface area contributed by atoms with Crippen molar-refractivity contribution >= 4 is 44.9 Å². The molecule has 0 radical (unpaired) electrons. The van der Waals surface area contributed by atoms with Crippen LogP contribution in [0.5, 0.6) is 0 Å². The second-order valence-electron chi connectivity index (χ2n) is 12.2. The van der Waals surface area contributed by atoms with Gasteiger partial charge in [0.05, 0.1) is 22.5 Å². The predicted molar refractivity (Wildman–Crippen MR) is 163 cm³/mol. The molecule has 1 aliphatic rings. The van der Waals surface area contributed by atoms with Crippen molar-refractivity contribution in [1.82, 2.24) is 10.2 Å². The van der Waals surface area contributed by atoms with Gasteiger partial charge < -0.3 is 10.2 Å². The van der Waals surface area contributed by atoms with Crippen LogP contribution in [-0.4, -0.2) is 48.2 Å². The minimum atomic E-state index is -3.51. The highest BCUT2D eigenvalue weighted by molar-refractivity contribution is 7.92. The molecule has 40 heavy (non-hydrogen) atoms. The lowest BCUT2D eigenvalue weighted by atomic mass is 9.66. The average Bonchev–Trinajstić information content (AvgIpc) is 2.84. The lowest BCUT2D eigenvalue weighted by Crippen LogP contribution is -2.59. The zero-order chi connectivity index (χ0) is 30.0. The van der Waals surface area contributed by atoms with Crippen LogP contribution >= 0.6 is 23.2 Å². The molecule has 0 saturated carbocycles. The van der Waals surface area contributed by atoms with Crippen molar-refractivity contribution < 1.29 is 18.0 Å². The van der Waals surface area contributed by atoms with E-state index in [0.717, 1.165) is 11.1 Å². The van der Waals surface area contributed by atoms with Crippen molar-refractivity contribution in [1.29, 1.82) is 0 Å². The summed E-state index contributed by atoms with van der Waals surface area (Å²) in [5.41, 5.74) is 0.711. The maximum atomic E-state index is 14.7. The second kappa shape index (κ2) is 12.8. The van der Waals surface area contributed by atoms with Gasteiger partial charge in [-0.05, 0) is 75.4 Å². The molecule has 9 heteroatoms. The fraction of sp³-hybridized carbons (Fsp3) is 0.548. The quantitative estimate of drug-likeness (QED) is 0.321. The molecule has 1 aliphatic heterocycles. The Labute approximate surface area is 249 Å². The van der Waals surface area contributed by atoms with Crippen molar-refractivity contribution in [2.75, 3.05) is 5.75 Å². The topological polar surface area (TPSA) is 83.6 Å². The van der Waals surface area contributed by atoms with Crippen molar-refractivity contribution in [3.8, 4) is 0 Å². The van der Waals surface area contributed by atoms with Gasteiger partial charge in [-0.25, -0.2) is 8.42 Å². The molecule has 6 nitrogen and oxygen atoms in total. The summed E-state index contributed by atoms with van der Waals surface area (Å²) in [6, 6.07) is 13.7. The number of piperidine rings is 1. The summed E-state index contributed by atoms with van der Waals surface area (Å²) in [7, 11) is -3.51. The fourth-order valence-electron chi connectivity index (χ4n) is 5.66. The van der Waals surface area contributed by atoms with E-state index in [1.807, 2.05) is 65.0 Å². The molecule has 1 fully saturated rings. The van der Waals surface area contributed by atoms with E-state index < -0.39 is 32.6 Å². The van der Waals surface area contributed by atoms with Crippen molar-refractivity contribution in [3.05, 3.63) is 69.7 Å². The van der Waals surface area contributed by atoms with E-state index in [1.54, 1.807) is 36.9 Å². The molecule has 3 rings (SSSR count). The summed E-state index contributed by atoms with van der Waals surface area (Å²) in [5, 5.41) is 3.47. The number of benzene rings is 2. The number of hydrogen-bond donors (Lipinski definition) is 1. The van der Waals surface area contributed by atoms with E-state index >= 15 is 0 Å². The molecule has 0 unspecified atom stereocenters. The van der Waals surface area contributed by atoms with Crippen LogP contribution in [0.15, 0.2) is 48.5 Å². The van der Waals surface area contributed by atoms with Crippen LogP contribution in [0.2, 0.25) is 10.0 Å². The highest BCUT2D eigenvalue weighted by Gasteiger charge is 2.53. The first kappa shape index (κ1) is 32.4. The van der Waals surface area contributed by atoms with Gasteiger partial charge in [0.2, 0.25) is 11.8 Å². The number of carbonyl (C=O) groups excluding carboxylic acids is 2. The molecule has 0 spiro atoms. The van der Waals surface area contributed by atoms with E-state index in [9.17, 15) is 18.0 Å². The molecule has 220 valence electrons. The zero-order valence-electron chi connectivity index (χ0n) is 24.4. The van der Waals surface area contributed by atoms with Gasteiger partial charge in [-0.15, -0.1) is 0 Å². The Kier molecular flexibility index (Phi) is 10.4. The highest BCUT2D eigenvalue weighted by Crippen LogP contribution is 2.52. The van der Waals surface area contributed by atoms with Crippen LogP contribution in [0.25, 0.3) is 0 Å². The Balaban J connectivity index is 2.28. The molecule has 2 aromatic rings. The van der Waals surface area contributed by atoms with E-state index in [0.29, 0.717) is 16.5 Å². The summed E-state index contributed by atoms with van der Waals surface area (Å²) in [4.78, 5) is 29.5. The molecule has 2 amide bonds. The molecule has 0 aromatic heterocycles. The van der Waals surface area contributed by atoms with Crippen LogP contribution in [0.1, 0.15) is 84.4 Å². The Morgan fingerprint density at radius 3 is 2.15 bits per heavy atom. The number of amides is 2. The molecule has 1 saturated heterocycles. The first-order chi connectivity index (χ1) is 18.6. The molecule has 1 heterocycles. The van der Waals surface area contributed by atoms with Crippen LogP contribution in [0, 0.1) is 11.3 Å². The van der Waals surface area contributed by atoms with Gasteiger partial charge in [-0.2, -0.15) is 0 Å². The lowest BCUT2D eigenvalue weighted by Gasteiger charge is -2.53. The number of hydrogen-bond acceptors (Lipinski definition) is 4. The molecule has 1 N–H and O–H groups in total. The summed E-state index contributed by atoms with van der Waals surface area (Å²) in [5.74, 6) is -1.02. The van der Waals surface area contributed by atoms with E-state index in [4.69, 9.17) is 23.2 Å². The van der Waals surface area contributed by atoms with Crippen LogP contribution < -0.4 is 5.32 Å². The second-order valence-corrected chi connectivity index (χ2v) is 15.7. The van der Waals surface area contributed by atoms with Gasteiger partial charge in [0, 0.05) is 34.5 Å². The largest absolute Gasteiger partial charge is 0.354 e. The summed E-state index contributed by atoms with van der Waals surface area (Å²) in [6.07, 6.45) is 0.385. The van der Waals surface area contributed by atoms with Gasteiger partial charge in [0.1, 0.15) is 0 Å². The van der Waals surface area contributed by atoms with E-state index in [-0.39, 0.29) is 41.9 Å². The minimum absolute atomic E-state index is 0.00728. The maximum Gasteiger partial charge on any atom is 0.229 e. The summed E-state index contributed by atoms with van der Waals surface area (Å²) in [6.45, 7) is 12.8. The van der Waals surface area contributed by atoms with Crippen molar-refractivity contribution in [2.45, 2.75) is 90.6 Å². The van der Waals surface area contributed by atoms with Gasteiger partial charge in [-0.1, -0.05) is 68.2 Å². The molecule has 0 bridgehead atoms. The summed E-state index contributed by atoms with van der Waals surface area (Å²) < 4.78 is 26.6. The Bertz CT molecular complexity index is 1310. The zero-order valence-corrected chi connectivity index (χ0v) is 26.8. The van der Waals surface area contributed by atoms with E-state index in [1.165, 1.54) is 0 Å². The van der Waals surface area contributed by atoms with Crippen molar-refractivity contribution in [3.63, 3.8) is 0 Å². The van der Waals surface area contributed by atoms with E-state index in [2.05, 4.69) is 5.32 Å². The van der Waals surface area contributed by atoms with Crippen LogP contribution in [0.4, 0.5) is 0 Å². The van der Waals surface area contributed by atoms with Crippen LogP contribution in [0.3, 0.4) is 0 Å². The third-order valence-electron chi connectivity index (χ3n) is 7.84. The smallest absolute Gasteiger partial charge is 0.229 e. The SMILES string of the molecule is CC(C)NC(=O)C[C@@]1(C)C[C@H](c2cccc(Cl)c2)[C@@H](c2ccc(Cl)cc2)N([C@H](CS(=O)(=O)C(C)C)C(C)C)C1=O. The Morgan fingerprint density at radius 2 is 1.62 bits per heavy atom. The average molecular weight is 610 g/mol. The standard InChI is InChI=1S/C31H42Cl2N2O4S/c1-19(2)27(18-40(38,39)21(5)6)35-29(22-11-13-24(32)14-12-22)26(23-9-8-10-25(33)15-23)16-31(7,30(35)37)17-28(36)34-20(3)4/h8-15,19-21,26-27,29H,16-18H2,1-7H3,(H,34,36)/t26-,27-,29-,31-/m1/s1. The Hall–Kier alpha value is -2.09. The molecule has 2 aromatic carbocycles. The fourth-order valence-corrected chi connectivity index (χ4v) is 7.39. The number of rotatable bonds is 10. The molecule has 0 aliphatic carbocycles.